The number of hydrogen-bond donors (Lipinski definition) is 3. The van der Waals surface area contributed by atoms with Crippen LogP contribution in [0.2, 0.25) is 0 Å². The molecule has 1 heterocycles. The second-order valence-corrected chi connectivity index (χ2v) is 4.21. The largest absolute Gasteiger partial charge is 0.327 e. The van der Waals surface area contributed by atoms with Crippen molar-refractivity contribution in [1.82, 2.24) is 5.32 Å². The third-order valence-electron chi connectivity index (χ3n) is 3.18. The van der Waals surface area contributed by atoms with Gasteiger partial charge in [0.25, 0.3) is 0 Å². The molecule has 15 heavy (non-hydrogen) atoms. The second kappa shape index (κ2) is 4.75. The van der Waals surface area contributed by atoms with Crippen molar-refractivity contribution in [3.63, 3.8) is 0 Å². The van der Waals surface area contributed by atoms with Gasteiger partial charge < -0.3 is 16.8 Å². The monoisotopic (exact) mass is 205 g/mol. The molecule has 5 N–H and O–H groups in total. The van der Waals surface area contributed by atoms with E-state index in [-0.39, 0.29) is 6.04 Å². The van der Waals surface area contributed by atoms with Crippen molar-refractivity contribution in [2.75, 3.05) is 13.1 Å². The maximum Gasteiger partial charge on any atom is 0.0178 e. The predicted molar refractivity (Wildman–Crippen MR) is 62.5 cm³/mol. The molecule has 1 aromatic rings. The quantitative estimate of drug-likeness (QED) is 0.660. The molecule has 0 spiro atoms. The van der Waals surface area contributed by atoms with Gasteiger partial charge in [0.15, 0.2) is 0 Å². The van der Waals surface area contributed by atoms with E-state index in [0.717, 1.165) is 19.5 Å². The summed E-state index contributed by atoms with van der Waals surface area (Å²) in [6.45, 7) is 2.64. The topological polar surface area (TPSA) is 64.1 Å². The van der Waals surface area contributed by atoms with Gasteiger partial charge in [-0.05, 0) is 24.1 Å². The first-order chi connectivity index (χ1) is 7.31. The molecular weight excluding hydrogens is 186 g/mol. The van der Waals surface area contributed by atoms with Crippen molar-refractivity contribution in [3.8, 4) is 0 Å². The van der Waals surface area contributed by atoms with E-state index in [0.29, 0.717) is 12.5 Å². The van der Waals surface area contributed by atoms with E-state index in [1.165, 1.54) is 11.1 Å². The summed E-state index contributed by atoms with van der Waals surface area (Å²) in [6, 6.07) is 8.78. The number of rotatable bonds is 2. The summed E-state index contributed by atoms with van der Waals surface area (Å²) in [4.78, 5) is 0. The molecular formula is C12H19N3. The molecule has 0 aromatic heterocycles. The lowest BCUT2D eigenvalue weighted by Gasteiger charge is -2.29. The van der Waals surface area contributed by atoms with Gasteiger partial charge in [-0.2, -0.15) is 0 Å². The van der Waals surface area contributed by atoms with E-state index in [2.05, 4.69) is 29.6 Å². The summed E-state index contributed by atoms with van der Waals surface area (Å²) >= 11 is 0. The zero-order chi connectivity index (χ0) is 10.7. The van der Waals surface area contributed by atoms with Gasteiger partial charge >= 0.3 is 0 Å². The van der Waals surface area contributed by atoms with Crippen LogP contribution in [-0.4, -0.2) is 19.1 Å². The lowest BCUT2D eigenvalue weighted by molar-refractivity contribution is 0.403. The third kappa shape index (κ3) is 2.37. The van der Waals surface area contributed by atoms with E-state index in [1.807, 2.05) is 0 Å². The van der Waals surface area contributed by atoms with Crippen molar-refractivity contribution >= 4 is 0 Å². The number of hydrogen-bond acceptors (Lipinski definition) is 3. The molecule has 3 nitrogen and oxygen atoms in total. The van der Waals surface area contributed by atoms with Gasteiger partial charge in [0.05, 0.1) is 0 Å². The highest BCUT2D eigenvalue weighted by molar-refractivity contribution is 5.27. The molecule has 2 unspecified atom stereocenters. The van der Waals surface area contributed by atoms with Gasteiger partial charge in [0.2, 0.25) is 0 Å². The molecule has 1 saturated heterocycles. The first-order valence-corrected chi connectivity index (χ1v) is 5.56. The normalized spacial score (nSPS) is 26.5. The zero-order valence-electron chi connectivity index (χ0n) is 8.95. The van der Waals surface area contributed by atoms with Gasteiger partial charge in [0, 0.05) is 25.0 Å². The first kappa shape index (κ1) is 10.6. The lowest BCUT2D eigenvalue weighted by Crippen LogP contribution is -2.43. The summed E-state index contributed by atoms with van der Waals surface area (Å²) in [5.41, 5.74) is 14.2. The van der Waals surface area contributed by atoms with Crippen LogP contribution in [0.15, 0.2) is 24.3 Å². The second-order valence-electron chi connectivity index (χ2n) is 4.21. The van der Waals surface area contributed by atoms with Crippen LogP contribution in [0.4, 0.5) is 0 Å². The maximum atomic E-state index is 6.12. The Morgan fingerprint density at radius 2 is 2.00 bits per heavy atom. The molecule has 0 radical (unpaired) electrons. The lowest BCUT2D eigenvalue weighted by atomic mass is 9.87. The summed E-state index contributed by atoms with van der Waals surface area (Å²) in [6.07, 6.45) is 1.06. The predicted octanol–water partition coefficient (Wildman–Crippen LogP) is 0.550. The minimum Gasteiger partial charge on any atom is -0.327 e. The van der Waals surface area contributed by atoms with Crippen molar-refractivity contribution in [3.05, 3.63) is 35.4 Å². The molecule has 1 aliphatic heterocycles. The van der Waals surface area contributed by atoms with Crippen molar-refractivity contribution in [2.45, 2.75) is 24.9 Å². The Morgan fingerprint density at radius 3 is 2.60 bits per heavy atom. The van der Waals surface area contributed by atoms with Crippen LogP contribution in [0.1, 0.15) is 23.5 Å². The number of piperidine rings is 1. The molecule has 0 saturated carbocycles. The van der Waals surface area contributed by atoms with Crippen LogP contribution in [0.3, 0.4) is 0 Å². The molecule has 82 valence electrons. The van der Waals surface area contributed by atoms with Crippen LogP contribution in [0, 0.1) is 0 Å². The van der Waals surface area contributed by atoms with Crippen LogP contribution in [0.5, 0.6) is 0 Å². The summed E-state index contributed by atoms with van der Waals surface area (Å²) in [5, 5.41) is 3.39. The van der Waals surface area contributed by atoms with Crippen molar-refractivity contribution in [2.24, 2.45) is 11.5 Å². The van der Waals surface area contributed by atoms with Crippen molar-refractivity contribution in [1.29, 1.82) is 0 Å². The van der Waals surface area contributed by atoms with E-state index in [4.69, 9.17) is 11.5 Å². The Balaban J connectivity index is 2.13. The fourth-order valence-corrected chi connectivity index (χ4v) is 2.14. The number of benzene rings is 1. The fourth-order valence-electron chi connectivity index (χ4n) is 2.14. The van der Waals surface area contributed by atoms with Gasteiger partial charge in [-0.1, -0.05) is 24.3 Å². The standard InChI is InChI=1S/C12H19N3/c13-7-9-1-3-10(4-2-9)11-8-15-6-5-12(11)14/h1-4,11-12,15H,5-8,13-14H2. The molecule has 2 atom stereocenters. The van der Waals surface area contributed by atoms with Crippen molar-refractivity contribution < 1.29 is 0 Å². The van der Waals surface area contributed by atoms with Gasteiger partial charge in [-0.3, -0.25) is 0 Å². The molecule has 1 aromatic carbocycles. The van der Waals surface area contributed by atoms with Crippen LogP contribution >= 0.6 is 0 Å². The number of nitrogens with one attached hydrogen (secondary N) is 1. The summed E-state index contributed by atoms with van der Waals surface area (Å²) < 4.78 is 0. The third-order valence-corrected chi connectivity index (χ3v) is 3.18. The van der Waals surface area contributed by atoms with Gasteiger partial charge in [-0.15, -0.1) is 0 Å². The smallest absolute Gasteiger partial charge is 0.0178 e. The van der Waals surface area contributed by atoms with Crippen LogP contribution in [-0.2, 0) is 6.54 Å². The highest BCUT2D eigenvalue weighted by Crippen LogP contribution is 2.22. The minimum absolute atomic E-state index is 0.287. The van der Waals surface area contributed by atoms with Gasteiger partial charge in [0.1, 0.15) is 0 Å². The fraction of sp³-hybridized carbons (Fsp3) is 0.500. The average Bonchev–Trinajstić information content (AvgIpc) is 2.30. The summed E-state index contributed by atoms with van der Waals surface area (Å²) in [5.74, 6) is 0.450. The highest BCUT2D eigenvalue weighted by Gasteiger charge is 2.22. The van der Waals surface area contributed by atoms with E-state index >= 15 is 0 Å². The Hall–Kier alpha value is -0.900. The zero-order valence-corrected chi connectivity index (χ0v) is 8.95. The average molecular weight is 205 g/mol. The Bertz CT molecular complexity index is 307. The Labute approximate surface area is 90.8 Å². The molecule has 0 aliphatic carbocycles. The minimum atomic E-state index is 0.287. The Kier molecular flexibility index (Phi) is 3.36. The maximum absolute atomic E-state index is 6.12. The first-order valence-electron chi connectivity index (χ1n) is 5.56. The molecule has 2 rings (SSSR count). The van der Waals surface area contributed by atoms with Crippen LogP contribution < -0.4 is 16.8 Å². The van der Waals surface area contributed by atoms with Gasteiger partial charge in [-0.25, -0.2) is 0 Å². The number of nitrogens with two attached hydrogens (primary N) is 2. The molecule has 0 bridgehead atoms. The van der Waals surface area contributed by atoms with Crippen LogP contribution in [0.25, 0.3) is 0 Å². The summed E-state index contributed by atoms with van der Waals surface area (Å²) in [7, 11) is 0. The van der Waals surface area contributed by atoms with E-state index in [1.54, 1.807) is 0 Å². The molecule has 1 aliphatic rings. The SMILES string of the molecule is NCc1ccc(C2CNCCC2N)cc1. The molecule has 1 fully saturated rings. The van der Waals surface area contributed by atoms with E-state index in [9.17, 15) is 0 Å². The Morgan fingerprint density at radius 1 is 1.27 bits per heavy atom. The van der Waals surface area contributed by atoms with E-state index < -0.39 is 0 Å². The highest BCUT2D eigenvalue weighted by atomic mass is 14.9. The molecule has 0 amide bonds. The molecule has 3 heteroatoms.